The van der Waals surface area contributed by atoms with Crippen LogP contribution in [0.25, 0.3) is 0 Å². The van der Waals surface area contributed by atoms with Crippen LogP contribution in [0.1, 0.15) is 36.8 Å². The number of benzene rings is 1. The summed E-state index contributed by atoms with van der Waals surface area (Å²) < 4.78 is 0. The van der Waals surface area contributed by atoms with Gasteiger partial charge in [0.1, 0.15) is 6.54 Å². The number of aliphatic imine (C=N–C) groups is 1. The third-order valence-corrected chi connectivity index (χ3v) is 4.79. The van der Waals surface area contributed by atoms with E-state index in [0.29, 0.717) is 12.5 Å². The van der Waals surface area contributed by atoms with Gasteiger partial charge in [0, 0.05) is 26.2 Å². The molecule has 2 N–H and O–H groups in total. The molecule has 0 saturated carbocycles. The van der Waals surface area contributed by atoms with Gasteiger partial charge >= 0.3 is 0 Å². The summed E-state index contributed by atoms with van der Waals surface area (Å²) in [6.07, 6.45) is 5.76. The Hall–Kier alpha value is -1.31. The number of nitrogens with zero attached hydrogens (tertiary/aromatic N) is 3. The van der Waals surface area contributed by atoms with E-state index in [1.807, 2.05) is 11.0 Å². The van der Waals surface area contributed by atoms with Crippen molar-refractivity contribution >= 4 is 35.8 Å². The molecule has 6 heteroatoms. The molecule has 2 aliphatic rings. The lowest BCUT2D eigenvalue weighted by atomic mass is 10.00. The molecule has 3 rings (SSSR count). The Balaban J connectivity index is 0.00000208. The van der Waals surface area contributed by atoms with E-state index in [-0.39, 0.29) is 36.4 Å². The van der Waals surface area contributed by atoms with Crippen LogP contribution in [0.4, 0.5) is 0 Å². The second-order valence-corrected chi connectivity index (χ2v) is 6.41. The summed E-state index contributed by atoms with van der Waals surface area (Å²) in [5, 5.41) is 0. The lowest BCUT2D eigenvalue weighted by Crippen LogP contribution is -2.40. The summed E-state index contributed by atoms with van der Waals surface area (Å²) in [6.45, 7) is 3.54. The minimum absolute atomic E-state index is 0. The van der Waals surface area contributed by atoms with Gasteiger partial charge in [0.15, 0.2) is 5.96 Å². The van der Waals surface area contributed by atoms with Gasteiger partial charge in [-0.25, -0.2) is 4.99 Å². The number of guanidine groups is 1. The smallest absolute Gasteiger partial charge is 0.244 e. The molecule has 0 aromatic heterocycles. The Kier molecular flexibility index (Phi) is 7.33. The van der Waals surface area contributed by atoms with E-state index in [1.165, 1.54) is 24.0 Å². The Morgan fingerprint density at radius 1 is 1.00 bits per heavy atom. The third-order valence-electron chi connectivity index (χ3n) is 4.79. The van der Waals surface area contributed by atoms with Crippen molar-refractivity contribution in [3.05, 3.63) is 35.4 Å². The molecule has 0 unspecified atom stereocenters. The number of likely N-dealkylation sites (tertiary alicyclic amines) is 1. The Labute approximate surface area is 161 Å². The highest BCUT2D eigenvalue weighted by atomic mass is 127. The molecule has 24 heavy (non-hydrogen) atoms. The first-order chi connectivity index (χ1) is 11.2. The van der Waals surface area contributed by atoms with E-state index < -0.39 is 0 Å². The van der Waals surface area contributed by atoms with Gasteiger partial charge in [0.2, 0.25) is 5.91 Å². The second-order valence-electron chi connectivity index (χ2n) is 6.41. The molecule has 2 aliphatic heterocycles. The number of halogens is 1. The van der Waals surface area contributed by atoms with Crippen molar-refractivity contribution in [3.8, 4) is 0 Å². The Morgan fingerprint density at radius 2 is 1.67 bits per heavy atom. The van der Waals surface area contributed by atoms with Gasteiger partial charge in [-0.2, -0.15) is 0 Å². The summed E-state index contributed by atoms with van der Waals surface area (Å²) in [6, 6.07) is 8.33. The minimum atomic E-state index is 0. The van der Waals surface area contributed by atoms with Crippen LogP contribution in [0, 0.1) is 0 Å². The van der Waals surface area contributed by atoms with E-state index in [1.54, 1.807) is 0 Å². The molecule has 0 radical (unpaired) electrons. The predicted molar refractivity (Wildman–Crippen MR) is 108 cm³/mol. The van der Waals surface area contributed by atoms with Crippen molar-refractivity contribution in [3.63, 3.8) is 0 Å². The van der Waals surface area contributed by atoms with E-state index in [9.17, 15) is 4.79 Å². The van der Waals surface area contributed by atoms with Crippen molar-refractivity contribution in [1.29, 1.82) is 0 Å². The molecule has 5 nitrogen and oxygen atoms in total. The number of hydrogen-bond acceptors (Lipinski definition) is 2. The highest BCUT2D eigenvalue weighted by Gasteiger charge is 2.20. The van der Waals surface area contributed by atoms with Gasteiger partial charge < -0.3 is 15.5 Å². The third kappa shape index (κ3) is 4.84. The first-order valence-electron chi connectivity index (χ1n) is 8.63. The van der Waals surface area contributed by atoms with E-state index in [0.717, 1.165) is 38.9 Å². The van der Waals surface area contributed by atoms with Crippen LogP contribution in [0.5, 0.6) is 0 Å². The van der Waals surface area contributed by atoms with Crippen LogP contribution in [-0.4, -0.2) is 47.8 Å². The number of hydrogen-bond donors (Lipinski definition) is 1. The van der Waals surface area contributed by atoms with Crippen LogP contribution in [0.15, 0.2) is 29.3 Å². The normalized spacial score (nSPS) is 18.4. The molecule has 2 heterocycles. The predicted octanol–water partition coefficient (Wildman–Crippen LogP) is 2.38. The minimum Gasteiger partial charge on any atom is -0.370 e. The fourth-order valence-corrected chi connectivity index (χ4v) is 3.36. The number of amides is 1. The quantitative estimate of drug-likeness (QED) is 0.435. The van der Waals surface area contributed by atoms with Crippen molar-refractivity contribution in [2.45, 2.75) is 38.6 Å². The van der Waals surface area contributed by atoms with Crippen molar-refractivity contribution in [2.24, 2.45) is 10.7 Å². The van der Waals surface area contributed by atoms with Gasteiger partial charge in [-0.1, -0.05) is 37.1 Å². The number of carbonyl (C=O) groups excluding carboxylic acids is 1. The standard InChI is InChI=1S/C18H26N4O.HI/c19-18(21-10-5-1-2-6-11-21)20-13-17(23)22-12-9-15-7-3-4-8-16(15)14-22;/h3-4,7-8H,1-2,5-6,9-14H2,(H2,19,20);1H. The molecular formula is C18H27IN4O. The number of nitrogens with two attached hydrogens (primary N) is 1. The Morgan fingerprint density at radius 3 is 2.38 bits per heavy atom. The lowest BCUT2D eigenvalue weighted by Gasteiger charge is -2.28. The van der Waals surface area contributed by atoms with E-state index >= 15 is 0 Å². The van der Waals surface area contributed by atoms with Gasteiger partial charge in [0.25, 0.3) is 0 Å². The highest BCUT2D eigenvalue weighted by Crippen LogP contribution is 2.18. The van der Waals surface area contributed by atoms with E-state index in [4.69, 9.17) is 5.73 Å². The lowest BCUT2D eigenvalue weighted by molar-refractivity contribution is -0.130. The molecule has 1 aromatic carbocycles. The maximum atomic E-state index is 12.4. The monoisotopic (exact) mass is 442 g/mol. The Bertz CT molecular complexity index is 582. The highest BCUT2D eigenvalue weighted by molar-refractivity contribution is 14.0. The second kappa shape index (κ2) is 9.25. The largest absolute Gasteiger partial charge is 0.370 e. The van der Waals surface area contributed by atoms with Crippen LogP contribution in [-0.2, 0) is 17.8 Å². The molecule has 0 bridgehead atoms. The number of rotatable bonds is 2. The van der Waals surface area contributed by atoms with Crippen molar-refractivity contribution in [2.75, 3.05) is 26.2 Å². The summed E-state index contributed by atoms with van der Waals surface area (Å²) in [5.74, 6) is 0.593. The van der Waals surface area contributed by atoms with Gasteiger partial charge in [-0.05, 0) is 30.4 Å². The van der Waals surface area contributed by atoms with E-state index in [2.05, 4.69) is 28.1 Å². The van der Waals surface area contributed by atoms with Crippen LogP contribution >= 0.6 is 24.0 Å². The summed E-state index contributed by atoms with van der Waals surface area (Å²) in [5.41, 5.74) is 8.68. The number of carbonyl (C=O) groups is 1. The molecule has 1 saturated heterocycles. The summed E-state index contributed by atoms with van der Waals surface area (Å²) >= 11 is 0. The van der Waals surface area contributed by atoms with Gasteiger partial charge in [-0.15, -0.1) is 24.0 Å². The zero-order valence-corrected chi connectivity index (χ0v) is 16.4. The average Bonchev–Trinajstić information content (AvgIpc) is 2.88. The molecule has 1 aromatic rings. The van der Waals surface area contributed by atoms with Crippen LogP contribution in [0.3, 0.4) is 0 Å². The first-order valence-corrected chi connectivity index (χ1v) is 8.63. The molecule has 1 fully saturated rings. The molecule has 0 aliphatic carbocycles. The topological polar surface area (TPSA) is 61.9 Å². The molecule has 1 amide bonds. The van der Waals surface area contributed by atoms with Gasteiger partial charge in [-0.3, -0.25) is 4.79 Å². The van der Waals surface area contributed by atoms with Gasteiger partial charge in [0.05, 0.1) is 0 Å². The summed E-state index contributed by atoms with van der Waals surface area (Å²) in [7, 11) is 0. The van der Waals surface area contributed by atoms with Crippen molar-refractivity contribution < 1.29 is 4.79 Å². The molecule has 132 valence electrons. The average molecular weight is 442 g/mol. The van der Waals surface area contributed by atoms with Crippen LogP contribution in [0.2, 0.25) is 0 Å². The molecule has 0 spiro atoms. The maximum absolute atomic E-state index is 12.4. The zero-order chi connectivity index (χ0) is 16.1. The SMILES string of the molecule is I.NC(=NCC(=O)N1CCc2ccccc2C1)N1CCCCCC1. The fraction of sp³-hybridized carbons (Fsp3) is 0.556. The fourth-order valence-electron chi connectivity index (χ4n) is 3.36. The zero-order valence-electron chi connectivity index (χ0n) is 14.1. The summed E-state index contributed by atoms with van der Waals surface area (Å²) in [4.78, 5) is 20.8. The van der Waals surface area contributed by atoms with Crippen molar-refractivity contribution in [1.82, 2.24) is 9.80 Å². The van der Waals surface area contributed by atoms with Crippen LogP contribution < -0.4 is 5.73 Å². The maximum Gasteiger partial charge on any atom is 0.244 e. The molecular weight excluding hydrogens is 415 g/mol. The molecule has 0 atom stereocenters. The first kappa shape index (κ1) is 19.0. The number of fused-ring (bicyclic) bond motifs is 1.